The molecule has 0 fully saturated rings. The van der Waals surface area contributed by atoms with Gasteiger partial charge in [0.15, 0.2) is 0 Å². The average molecular weight is 259 g/mol. The highest BCUT2D eigenvalue weighted by atomic mass is 16.4. The number of nitrogens with one attached hydrogen (secondary N) is 1. The van der Waals surface area contributed by atoms with E-state index in [0.717, 1.165) is 29.9 Å². The zero-order valence-corrected chi connectivity index (χ0v) is 11.1. The highest BCUT2D eigenvalue weighted by Crippen LogP contribution is 2.15. The van der Waals surface area contributed by atoms with Crippen LogP contribution in [0, 0.1) is 13.8 Å². The number of hydrogen-bond donors (Lipinski definition) is 2. The fourth-order valence-corrected chi connectivity index (χ4v) is 1.92. The monoisotopic (exact) mass is 259 g/mol. The Morgan fingerprint density at radius 1 is 1.42 bits per heavy atom. The van der Waals surface area contributed by atoms with Crippen molar-refractivity contribution in [2.24, 2.45) is 0 Å². The maximum absolute atomic E-state index is 10.9. The van der Waals surface area contributed by atoms with Crippen LogP contribution >= 0.6 is 0 Å². The third kappa shape index (κ3) is 3.34. The molecule has 0 saturated carbocycles. The molecule has 100 valence electrons. The van der Waals surface area contributed by atoms with Gasteiger partial charge in [0.05, 0.1) is 18.3 Å². The van der Waals surface area contributed by atoms with E-state index in [9.17, 15) is 4.79 Å². The number of carboxylic acids is 1. The Morgan fingerprint density at radius 2 is 2.21 bits per heavy atom. The molecule has 0 radical (unpaired) electrons. The number of rotatable bonds is 5. The Kier molecular flexibility index (Phi) is 3.85. The van der Waals surface area contributed by atoms with Gasteiger partial charge < -0.3 is 10.4 Å². The molecule has 2 rings (SSSR count). The lowest BCUT2D eigenvalue weighted by molar-refractivity contribution is 0.0696. The minimum absolute atomic E-state index is 0.341. The highest BCUT2D eigenvalue weighted by Gasteiger charge is 2.06. The molecular weight excluding hydrogens is 242 g/mol. The van der Waals surface area contributed by atoms with E-state index in [4.69, 9.17) is 5.11 Å². The lowest BCUT2D eigenvalue weighted by Crippen LogP contribution is -2.11. The molecule has 0 unspecified atom stereocenters. The molecule has 1 heterocycles. The van der Waals surface area contributed by atoms with Crippen molar-refractivity contribution in [2.45, 2.75) is 20.4 Å². The molecule has 0 amide bonds. The van der Waals surface area contributed by atoms with Crippen molar-refractivity contribution in [3.8, 4) is 0 Å². The van der Waals surface area contributed by atoms with E-state index in [2.05, 4.69) is 10.4 Å². The van der Waals surface area contributed by atoms with Gasteiger partial charge in [0, 0.05) is 18.4 Å². The molecule has 0 atom stereocenters. The van der Waals surface area contributed by atoms with Gasteiger partial charge in [-0.2, -0.15) is 5.10 Å². The molecule has 1 aromatic heterocycles. The number of benzene rings is 1. The van der Waals surface area contributed by atoms with Crippen molar-refractivity contribution < 1.29 is 9.90 Å². The second kappa shape index (κ2) is 5.56. The molecule has 0 aliphatic carbocycles. The van der Waals surface area contributed by atoms with Crippen molar-refractivity contribution in [3.63, 3.8) is 0 Å². The molecule has 1 aromatic carbocycles. The molecule has 2 aromatic rings. The van der Waals surface area contributed by atoms with Crippen molar-refractivity contribution >= 4 is 11.7 Å². The Bertz CT molecular complexity index is 590. The van der Waals surface area contributed by atoms with Gasteiger partial charge in [0.2, 0.25) is 0 Å². The zero-order chi connectivity index (χ0) is 13.8. The summed E-state index contributed by atoms with van der Waals surface area (Å²) >= 11 is 0. The molecule has 0 aliphatic heterocycles. The maximum atomic E-state index is 10.9. The van der Waals surface area contributed by atoms with Crippen LogP contribution < -0.4 is 5.32 Å². The number of hydrogen-bond acceptors (Lipinski definition) is 3. The Hall–Kier alpha value is -2.30. The standard InChI is InChI=1S/C14H17N3O2/c1-10-8-16-17(9-10)6-5-15-12-3-4-13(14(18)19)11(2)7-12/h3-4,7-9,15H,5-6H2,1-2H3,(H,18,19). The predicted molar refractivity (Wildman–Crippen MR) is 73.6 cm³/mol. The first-order valence-corrected chi connectivity index (χ1v) is 6.13. The van der Waals surface area contributed by atoms with Crippen LogP contribution in [0.5, 0.6) is 0 Å². The summed E-state index contributed by atoms with van der Waals surface area (Å²) in [7, 11) is 0. The average Bonchev–Trinajstić information content (AvgIpc) is 2.75. The van der Waals surface area contributed by atoms with Crippen LogP contribution in [0.15, 0.2) is 30.6 Å². The van der Waals surface area contributed by atoms with Gasteiger partial charge in [-0.1, -0.05) is 0 Å². The SMILES string of the molecule is Cc1cnn(CCNc2ccc(C(=O)O)c(C)c2)c1. The molecule has 5 heteroatoms. The maximum Gasteiger partial charge on any atom is 0.335 e. The molecular formula is C14H17N3O2. The number of aromatic nitrogens is 2. The molecule has 19 heavy (non-hydrogen) atoms. The summed E-state index contributed by atoms with van der Waals surface area (Å²) in [5, 5.41) is 16.4. The minimum atomic E-state index is -0.893. The Morgan fingerprint density at radius 3 is 2.79 bits per heavy atom. The van der Waals surface area contributed by atoms with Gasteiger partial charge in [0.1, 0.15) is 0 Å². The molecule has 5 nitrogen and oxygen atoms in total. The van der Waals surface area contributed by atoms with E-state index >= 15 is 0 Å². The first kappa shape index (κ1) is 13.1. The topological polar surface area (TPSA) is 67.2 Å². The third-order valence-corrected chi connectivity index (χ3v) is 2.89. The number of aromatic carboxylic acids is 1. The summed E-state index contributed by atoms with van der Waals surface area (Å²) in [5.74, 6) is -0.893. The van der Waals surface area contributed by atoms with Gasteiger partial charge in [-0.3, -0.25) is 4.68 Å². The molecule has 0 spiro atoms. The van der Waals surface area contributed by atoms with Crippen molar-refractivity contribution in [1.82, 2.24) is 9.78 Å². The molecule has 0 aliphatic rings. The summed E-state index contributed by atoms with van der Waals surface area (Å²) in [6.45, 7) is 5.32. The quantitative estimate of drug-likeness (QED) is 0.864. The minimum Gasteiger partial charge on any atom is -0.478 e. The molecule has 0 bridgehead atoms. The summed E-state index contributed by atoms with van der Waals surface area (Å²) in [4.78, 5) is 10.9. The lowest BCUT2D eigenvalue weighted by atomic mass is 10.1. The second-order valence-corrected chi connectivity index (χ2v) is 4.54. The number of nitrogens with zero attached hydrogens (tertiary/aromatic N) is 2. The van der Waals surface area contributed by atoms with Crippen LogP contribution in [0.3, 0.4) is 0 Å². The number of carboxylic acid groups (broad SMARTS) is 1. The van der Waals surface area contributed by atoms with Gasteiger partial charge >= 0.3 is 5.97 Å². The van der Waals surface area contributed by atoms with Gasteiger partial charge in [0.25, 0.3) is 0 Å². The highest BCUT2D eigenvalue weighted by molar-refractivity contribution is 5.89. The van der Waals surface area contributed by atoms with Gasteiger partial charge in [-0.05, 0) is 43.2 Å². The van der Waals surface area contributed by atoms with Crippen LogP contribution in [-0.2, 0) is 6.54 Å². The van der Waals surface area contributed by atoms with Crippen LogP contribution in [0.2, 0.25) is 0 Å². The van der Waals surface area contributed by atoms with E-state index < -0.39 is 5.97 Å². The normalized spacial score (nSPS) is 10.4. The summed E-state index contributed by atoms with van der Waals surface area (Å²) in [5.41, 5.74) is 3.16. The van der Waals surface area contributed by atoms with E-state index in [1.807, 2.05) is 30.1 Å². The van der Waals surface area contributed by atoms with Gasteiger partial charge in [-0.25, -0.2) is 4.79 Å². The van der Waals surface area contributed by atoms with E-state index in [1.54, 1.807) is 19.1 Å². The first-order chi connectivity index (χ1) is 9.06. The summed E-state index contributed by atoms with van der Waals surface area (Å²) < 4.78 is 1.88. The number of anilines is 1. The van der Waals surface area contributed by atoms with Crippen LogP contribution in [0.25, 0.3) is 0 Å². The van der Waals surface area contributed by atoms with E-state index in [1.165, 1.54) is 0 Å². The number of aryl methyl sites for hydroxylation is 2. The van der Waals surface area contributed by atoms with Gasteiger partial charge in [-0.15, -0.1) is 0 Å². The Balaban J connectivity index is 1.93. The smallest absolute Gasteiger partial charge is 0.335 e. The molecule has 2 N–H and O–H groups in total. The fraction of sp³-hybridized carbons (Fsp3) is 0.286. The predicted octanol–water partition coefficient (Wildman–Crippen LogP) is 2.31. The summed E-state index contributed by atoms with van der Waals surface area (Å²) in [6, 6.07) is 5.25. The lowest BCUT2D eigenvalue weighted by Gasteiger charge is -2.08. The van der Waals surface area contributed by atoms with E-state index in [-0.39, 0.29) is 0 Å². The van der Waals surface area contributed by atoms with Crippen LogP contribution in [0.4, 0.5) is 5.69 Å². The molecule has 0 saturated heterocycles. The first-order valence-electron chi connectivity index (χ1n) is 6.13. The van der Waals surface area contributed by atoms with Crippen molar-refractivity contribution in [3.05, 3.63) is 47.3 Å². The van der Waals surface area contributed by atoms with Crippen molar-refractivity contribution in [2.75, 3.05) is 11.9 Å². The summed E-state index contributed by atoms with van der Waals surface area (Å²) in [6.07, 6.45) is 3.81. The van der Waals surface area contributed by atoms with Crippen molar-refractivity contribution in [1.29, 1.82) is 0 Å². The van der Waals surface area contributed by atoms with E-state index in [0.29, 0.717) is 5.56 Å². The van der Waals surface area contributed by atoms with Crippen LogP contribution in [-0.4, -0.2) is 27.4 Å². The second-order valence-electron chi connectivity index (χ2n) is 4.54. The third-order valence-electron chi connectivity index (χ3n) is 2.89. The van der Waals surface area contributed by atoms with Crippen LogP contribution in [0.1, 0.15) is 21.5 Å². The zero-order valence-electron chi connectivity index (χ0n) is 11.1. The Labute approximate surface area is 111 Å². The largest absolute Gasteiger partial charge is 0.478 e. The number of carbonyl (C=O) groups is 1. The fourth-order valence-electron chi connectivity index (χ4n) is 1.92.